The first-order chi connectivity index (χ1) is 7.34. The van der Waals surface area contributed by atoms with Crippen LogP contribution in [0.5, 0.6) is 0 Å². The van der Waals surface area contributed by atoms with E-state index in [0.29, 0.717) is 15.5 Å². The molecule has 0 spiro atoms. The Morgan fingerprint density at radius 2 is 2.27 bits per heavy atom. The van der Waals surface area contributed by atoms with Crippen molar-refractivity contribution < 1.29 is 0 Å². The van der Waals surface area contributed by atoms with Crippen LogP contribution in [0.1, 0.15) is 0 Å². The average molecular weight is 236 g/mol. The summed E-state index contributed by atoms with van der Waals surface area (Å²) in [5, 5.41) is 11.0. The van der Waals surface area contributed by atoms with Crippen molar-refractivity contribution in [1.82, 2.24) is 29.8 Å². The largest absolute Gasteiger partial charge is 0.271 e. The number of H-pyrrole nitrogens is 1. The van der Waals surface area contributed by atoms with E-state index in [2.05, 4.69) is 25.3 Å². The van der Waals surface area contributed by atoms with Crippen molar-refractivity contribution in [2.75, 3.05) is 0 Å². The quantitative estimate of drug-likeness (QED) is 0.645. The average Bonchev–Trinajstić information content (AvgIpc) is 2.77. The summed E-state index contributed by atoms with van der Waals surface area (Å²) in [5.74, 6) is 0.616. The van der Waals surface area contributed by atoms with Crippen molar-refractivity contribution in [2.24, 2.45) is 0 Å². The lowest BCUT2D eigenvalue weighted by molar-refractivity contribution is 0.947. The Kier molecular flexibility index (Phi) is 1.82. The normalized spacial score (nSPS) is 10.9. The molecular weight excluding hydrogens is 232 g/mol. The molecule has 0 bridgehead atoms. The molecule has 3 aromatic rings. The van der Waals surface area contributed by atoms with Crippen LogP contribution in [-0.4, -0.2) is 29.8 Å². The van der Waals surface area contributed by atoms with E-state index in [0.717, 1.165) is 4.96 Å². The lowest BCUT2D eigenvalue weighted by Gasteiger charge is -1.93. The van der Waals surface area contributed by atoms with E-state index in [4.69, 9.17) is 12.2 Å². The predicted octanol–water partition coefficient (Wildman–Crippen LogP) is 1.31. The second kappa shape index (κ2) is 3.17. The van der Waals surface area contributed by atoms with Crippen LogP contribution in [0.4, 0.5) is 0 Å². The van der Waals surface area contributed by atoms with Gasteiger partial charge in [-0.05, 0) is 12.2 Å². The van der Waals surface area contributed by atoms with Gasteiger partial charge in [-0.2, -0.15) is 0 Å². The van der Waals surface area contributed by atoms with Crippen LogP contribution in [0.25, 0.3) is 16.5 Å². The second-order valence-corrected chi connectivity index (χ2v) is 4.38. The van der Waals surface area contributed by atoms with E-state index in [1.165, 1.54) is 11.3 Å². The summed E-state index contributed by atoms with van der Waals surface area (Å²) < 4.78 is 2.36. The summed E-state index contributed by atoms with van der Waals surface area (Å²) in [6.07, 6.45) is 4.85. The van der Waals surface area contributed by atoms with Gasteiger partial charge < -0.3 is 0 Å². The van der Waals surface area contributed by atoms with Crippen LogP contribution in [0.3, 0.4) is 0 Å². The van der Waals surface area contributed by atoms with Crippen LogP contribution in [0, 0.1) is 3.95 Å². The van der Waals surface area contributed by atoms with Gasteiger partial charge >= 0.3 is 0 Å². The first-order valence-electron chi connectivity index (χ1n) is 4.05. The first kappa shape index (κ1) is 8.62. The fourth-order valence-corrected chi connectivity index (χ4v) is 2.14. The Labute approximate surface area is 92.6 Å². The summed E-state index contributed by atoms with van der Waals surface area (Å²) in [5.41, 5.74) is 0.661. The minimum atomic E-state index is 0.616. The molecule has 8 heteroatoms. The zero-order valence-electron chi connectivity index (χ0n) is 7.28. The highest BCUT2D eigenvalue weighted by Gasteiger charge is 2.10. The number of fused-ring (bicyclic) bond motifs is 1. The van der Waals surface area contributed by atoms with E-state index in [-0.39, 0.29) is 0 Å². The van der Waals surface area contributed by atoms with Crippen molar-refractivity contribution in [3.8, 4) is 11.5 Å². The molecule has 74 valence electrons. The number of nitrogens with zero attached hydrogens (tertiary/aromatic N) is 5. The highest BCUT2D eigenvalue weighted by atomic mass is 32.1. The molecule has 1 N–H and O–H groups in total. The molecule has 3 heterocycles. The molecular formula is C7H4N6S2. The van der Waals surface area contributed by atoms with Gasteiger partial charge in [-0.3, -0.25) is 10.1 Å². The Hall–Kier alpha value is -1.67. The fourth-order valence-electron chi connectivity index (χ4n) is 1.21. The van der Waals surface area contributed by atoms with Crippen LogP contribution in [0.15, 0.2) is 18.6 Å². The smallest absolute Gasteiger partial charge is 0.234 e. The Morgan fingerprint density at radius 1 is 1.33 bits per heavy atom. The Morgan fingerprint density at radius 3 is 3.07 bits per heavy atom. The zero-order chi connectivity index (χ0) is 10.3. The van der Waals surface area contributed by atoms with E-state index < -0.39 is 0 Å². The highest BCUT2D eigenvalue weighted by Crippen LogP contribution is 2.16. The molecule has 0 saturated carbocycles. The number of aromatic amines is 1. The third-order valence-electron chi connectivity index (χ3n) is 1.81. The van der Waals surface area contributed by atoms with Crippen molar-refractivity contribution in [1.29, 1.82) is 0 Å². The topological polar surface area (TPSA) is 71.8 Å². The lowest BCUT2D eigenvalue weighted by atomic mass is 10.4. The maximum absolute atomic E-state index is 5.01. The van der Waals surface area contributed by atoms with Gasteiger partial charge in [-0.1, -0.05) is 11.3 Å². The molecule has 15 heavy (non-hydrogen) atoms. The summed E-state index contributed by atoms with van der Waals surface area (Å²) in [6, 6.07) is 0. The van der Waals surface area contributed by atoms with E-state index in [9.17, 15) is 0 Å². The van der Waals surface area contributed by atoms with E-state index in [1.54, 1.807) is 23.1 Å². The molecule has 0 aliphatic carbocycles. The number of rotatable bonds is 1. The molecule has 0 fully saturated rings. The molecule has 0 atom stereocenters. The van der Waals surface area contributed by atoms with Crippen molar-refractivity contribution in [3.05, 3.63) is 22.5 Å². The first-order valence-corrected chi connectivity index (χ1v) is 5.28. The molecule has 0 saturated heterocycles. The van der Waals surface area contributed by atoms with Gasteiger partial charge in [0.2, 0.25) is 10.8 Å². The van der Waals surface area contributed by atoms with Crippen LogP contribution >= 0.6 is 23.6 Å². The summed E-state index contributed by atoms with van der Waals surface area (Å²) in [7, 11) is 0. The molecule has 0 amide bonds. The van der Waals surface area contributed by atoms with E-state index in [1.807, 2.05) is 0 Å². The second-order valence-electron chi connectivity index (χ2n) is 2.73. The highest BCUT2D eigenvalue weighted by molar-refractivity contribution is 7.73. The van der Waals surface area contributed by atoms with Gasteiger partial charge in [0, 0.05) is 12.4 Å². The van der Waals surface area contributed by atoms with Gasteiger partial charge in [0.1, 0.15) is 5.69 Å². The fraction of sp³-hybridized carbons (Fsp3) is 0. The Balaban J connectivity index is 2.31. The van der Waals surface area contributed by atoms with Crippen molar-refractivity contribution in [3.63, 3.8) is 0 Å². The minimum absolute atomic E-state index is 0.616. The maximum atomic E-state index is 5.01. The number of hydrogen-bond donors (Lipinski definition) is 1. The van der Waals surface area contributed by atoms with Gasteiger partial charge in [0.05, 0.1) is 6.20 Å². The molecule has 6 nitrogen and oxygen atoms in total. The predicted molar refractivity (Wildman–Crippen MR) is 57.1 cm³/mol. The molecule has 0 radical (unpaired) electrons. The maximum Gasteiger partial charge on any atom is 0.234 e. The molecule has 0 aliphatic heterocycles. The van der Waals surface area contributed by atoms with Crippen molar-refractivity contribution >= 4 is 28.5 Å². The summed E-state index contributed by atoms with van der Waals surface area (Å²) in [6.45, 7) is 0. The lowest BCUT2D eigenvalue weighted by Crippen LogP contribution is -1.92. The number of nitrogens with one attached hydrogen (secondary N) is 1. The van der Waals surface area contributed by atoms with Gasteiger partial charge in [-0.25, -0.2) is 9.50 Å². The molecule has 3 rings (SSSR count). The third-order valence-corrected chi connectivity index (χ3v) is 2.88. The number of aromatic nitrogens is 6. The summed E-state index contributed by atoms with van der Waals surface area (Å²) >= 11 is 6.38. The van der Waals surface area contributed by atoms with Crippen LogP contribution in [0.2, 0.25) is 0 Å². The van der Waals surface area contributed by atoms with Gasteiger partial charge in [0.25, 0.3) is 0 Å². The molecule has 0 aromatic carbocycles. The van der Waals surface area contributed by atoms with Gasteiger partial charge in [0.15, 0.2) is 3.95 Å². The molecule has 3 aromatic heterocycles. The zero-order valence-corrected chi connectivity index (χ0v) is 8.92. The van der Waals surface area contributed by atoms with Crippen LogP contribution < -0.4 is 0 Å². The van der Waals surface area contributed by atoms with E-state index >= 15 is 0 Å². The number of hydrogen-bond acceptors (Lipinski definition) is 6. The monoisotopic (exact) mass is 236 g/mol. The van der Waals surface area contributed by atoms with Crippen molar-refractivity contribution in [2.45, 2.75) is 0 Å². The molecule has 0 aliphatic rings. The van der Waals surface area contributed by atoms with Crippen LogP contribution in [-0.2, 0) is 0 Å². The Bertz CT molecular complexity index is 651. The van der Waals surface area contributed by atoms with Gasteiger partial charge in [-0.15, -0.1) is 10.2 Å². The standard InChI is InChI=1S/C7H4N6S2/c14-7-12-13-5(10-11-6(13)15-7)4-3-8-1-2-9-4/h1-3H,(H,12,14). The minimum Gasteiger partial charge on any atom is -0.271 e. The molecule has 0 unspecified atom stereocenters. The summed E-state index contributed by atoms with van der Waals surface area (Å²) in [4.78, 5) is 8.84. The SMILES string of the molecule is S=c1[nH]n2c(-c3cnccn3)nnc2s1. The third kappa shape index (κ3) is 1.34.